The van der Waals surface area contributed by atoms with Crippen LogP contribution in [-0.2, 0) is 9.47 Å². The van der Waals surface area contributed by atoms with Crippen LogP contribution in [0.4, 0.5) is 0 Å². The summed E-state index contributed by atoms with van der Waals surface area (Å²) in [6.45, 7) is 7.46. The molecule has 0 spiro atoms. The molecule has 1 heterocycles. The molecule has 0 saturated carbocycles. The van der Waals surface area contributed by atoms with Crippen LogP contribution in [0, 0.1) is 5.41 Å². The summed E-state index contributed by atoms with van der Waals surface area (Å²) in [5.74, 6) is 0.902. The van der Waals surface area contributed by atoms with Crippen molar-refractivity contribution in [3.63, 3.8) is 0 Å². The third-order valence-electron chi connectivity index (χ3n) is 2.98. The van der Waals surface area contributed by atoms with Crippen molar-refractivity contribution in [1.29, 1.82) is 0 Å². The van der Waals surface area contributed by atoms with E-state index in [1.807, 2.05) is 0 Å². The number of methoxy groups -OCH3 is 2. The summed E-state index contributed by atoms with van der Waals surface area (Å²) >= 11 is 4.38. The van der Waals surface area contributed by atoms with Gasteiger partial charge in [0.2, 0.25) is 0 Å². The fraction of sp³-hybridized carbons (Fsp3) is 1.00. The summed E-state index contributed by atoms with van der Waals surface area (Å²) in [6, 6.07) is 0. The molecule has 0 amide bonds. The molecule has 0 bridgehead atoms. The molecule has 15 heavy (non-hydrogen) atoms. The molecule has 4 heteroatoms. The molecule has 2 unspecified atom stereocenters. The Labute approximate surface area is 98.5 Å². The first kappa shape index (κ1) is 13.3. The lowest BCUT2D eigenvalue weighted by Crippen LogP contribution is -2.34. The lowest BCUT2D eigenvalue weighted by Gasteiger charge is -2.28. The van der Waals surface area contributed by atoms with Gasteiger partial charge in [-0.25, -0.2) is 0 Å². The Balaban J connectivity index is 2.47. The van der Waals surface area contributed by atoms with Crippen LogP contribution < -0.4 is 0 Å². The predicted octanol–water partition coefficient (Wildman–Crippen LogP) is 1.29. The van der Waals surface area contributed by atoms with Gasteiger partial charge in [-0.05, 0) is 11.2 Å². The monoisotopic (exact) mass is 233 g/mol. The van der Waals surface area contributed by atoms with Crippen LogP contribution in [0.2, 0.25) is 0 Å². The van der Waals surface area contributed by atoms with Crippen LogP contribution in [-0.4, -0.2) is 56.7 Å². The number of nitrogens with zero attached hydrogens (tertiary/aromatic N) is 1. The zero-order chi connectivity index (χ0) is 11.5. The second-order valence-corrected chi connectivity index (χ2v) is 5.38. The molecule has 0 N–H and O–H groups in total. The Morgan fingerprint density at radius 2 is 1.67 bits per heavy atom. The van der Waals surface area contributed by atoms with Gasteiger partial charge in [0.15, 0.2) is 0 Å². The van der Waals surface area contributed by atoms with E-state index in [1.165, 1.54) is 0 Å². The summed E-state index contributed by atoms with van der Waals surface area (Å²) in [5, 5.41) is 0. The van der Waals surface area contributed by atoms with Crippen LogP contribution in [0.1, 0.15) is 13.8 Å². The minimum atomic E-state index is 0.214. The molecule has 0 aliphatic carbocycles. The number of rotatable bonds is 5. The van der Waals surface area contributed by atoms with E-state index in [9.17, 15) is 0 Å². The topological polar surface area (TPSA) is 21.7 Å². The fourth-order valence-corrected chi connectivity index (χ4v) is 2.16. The van der Waals surface area contributed by atoms with E-state index in [0.29, 0.717) is 0 Å². The highest BCUT2D eigenvalue weighted by Gasteiger charge is 2.35. The van der Waals surface area contributed by atoms with Crippen molar-refractivity contribution >= 4 is 12.6 Å². The zero-order valence-corrected chi connectivity index (χ0v) is 11.1. The highest BCUT2D eigenvalue weighted by atomic mass is 32.1. The van der Waals surface area contributed by atoms with Crippen LogP contribution in [0.5, 0.6) is 0 Å². The summed E-state index contributed by atoms with van der Waals surface area (Å²) < 4.78 is 10.8. The van der Waals surface area contributed by atoms with Crippen molar-refractivity contribution in [1.82, 2.24) is 4.90 Å². The van der Waals surface area contributed by atoms with Gasteiger partial charge < -0.3 is 9.47 Å². The molecule has 90 valence electrons. The quantitative estimate of drug-likeness (QED) is 0.723. The maximum Gasteiger partial charge on any atom is 0.0971 e. The summed E-state index contributed by atoms with van der Waals surface area (Å²) in [6.07, 6.45) is 0.427. The highest BCUT2D eigenvalue weighted by Crippen LogP contribution is 2.23. The first-order valence-electron chi connectivity index (χ1n) is 5.41. The molecule has 1 rings (SSSR count). The lowest BCUT2D eigenvalue weighted by molar-refractivity contribution is -0.00461. The molecule has 3 nitrogen and oxygen atoms in total. The standard InChI is InChI=1S/C11H23NO2S/c1-11(2,8-15)7-12-5-9(13-3)10(6-12)14-4/h9-10,15H,5-8H2,1-4H3. The SMILES string of the molecule is COC1CN(CC(C)(C)CS)CC1OC. The normalized spacial score (nSPS) is 28.6. The Kier molecular flexibility index (Phi) is 4.90. The molecule has 0 radical (unpaired) electrons. The van der Waals surface area contributed by atoms with Crippen molar-refractivity contribution in [2.24, 2.45) is 5.41 Å². The van der Waals surface area contributed by atoms with Gasteiger partial charge in [-0.15, -0.1) is 0 Å². The van der Waals surface area contributed by atoms with E-state index < -0.39 is 0 Å². The maximum absolute atomic E-state index is 5.41. The Morgan fingerprint density at radius 1 is 1.20 bits per heavy atom. The zero-order valence-electron chi connectivity index (χ0n) is 10.2. The second-order valence-electron chi connectivity index (χ2n) is 5.06. The Hall–Kier alpha value is 0.230. The number of ether oxygens (including phenoxy) is 2. The minimum absolute atomic E-state index is 0.214. The van der Waals surface area contributed by atoms with Crippen LogP contribution in [0.3, 0.4) is 0 Å². The van der Waals surface area contributed by atoms with Gasteiger partial charge in [-0.3, -0.25) is 4.90 Å². The van der Waals surface area contributed by atoms with E-state index in [1.54, 1.807) is 14.2 Å². The molecule has 1 saturated heterocycles. The largest absolute Gasteiger partial charge is 0.377 e. The van der Waals surface area contributed by atoms with Gasteiger partial charge >= 0.3 is 0 Å². The highest BCUT2D eigenvalue weighted by molar-refractivity contribution is 7.80. The first-order valence-corrected chi connectivity index (χ1v) is 6.04. The lowest BCUT2D eigenvalue weighted by atomic mass is 9.96. The maximum atomic E-state index is 5.41. The molecule has 2 atom stereocenters. The Bertz CT molecular complexity index is 187. The van der Waals surface area contributed by atoms with E-state index in [2.05, 4.69) is 31.4 Å². The van der Waals surface area contributed by atoms with Gasteiger partial charge in [-0.1, -0.05) is 13.8 Å². The number of likely N-dealkylation sites (tertiary alicyclic amines) is 1. The van der Waals surface area contributed by atoms with Crippen molar-refractivity contribution in [2.45, 2.75) is 26.1 Å². The van der Waals surface area contributed by atoms with Gasteiger partial charge in [-0.2, -0.15) is 12.6 Å². The van der Waals surface area contributed by atoms with E-state index >= 15 is 0 Å². The van der Waals surface area contributed by atoms with E-state index in [-0.39, 0.29) is 17.6 Å². The smallest absolute Gasteiger partial charge is 0.0971 e. The molecule has 0 aromatic heterocycles. The summed E-state index contributed by atoms with van der Waals surface area (Å²) in [7, 11) is 3.51. The van der Waals surface area contributed by atoms with Crippen molar-refractivity contribution < 1.29 is 9.47 Å². The second kappa shape index (κ2) is 5.53. The van der Waals surface area contributed by atoms with Crippen LogP contribution >= 0.6 is 12.6 Å². The molecular weight excluding hydrogens is 210 g/mol. The van der Waals surface area contributed by atoms with Gasteiger partial charge in [0.1, 0.15) is 0 Å². The predicted molar refractivity (Wildman–Crippen MR) is 65.7 cm³/mol. The number of hydrogen-bond acceptors (Lipinski definition) is 4. The van der Waals surface area contributed by atoms with E-state index in [4.69, 9.17) is 9.47 Å². The summed E-state index contributed by atoms with van der Waals surface area (Å²) in [5.41, 5.74) is 0.254. The van der Waals surface area contributed by atoms with Crippen molar-refractivity contribution in [2.75, 3.05) is 39.6 Å². The molecule has 0 aromatic carbocycles. The third-order valence-corrected chi connectivity index (χ3v) is 3.83. The van der Waals surface area contributed by atoms with Crippen molar-refractivity contribution in [3.05, 3.63) is 0 Å². The average molecular weight is 233 g/mol. The van der Waals surface area contributed by atoms with Gasteiger partial charge in [0, 0.05) is 33.9 Å². The molecule has 1 fully saturated rings. The van der Waals surface area contributed by atoms with Crippen molar-refractivity contribution in [3.8, 4) is 0 Å². The first-order chi connectivity index (χ1) is 7.02. The van der Waals surface area contributed by atoms with Crippen LogP contribution in [0.25, 0.3) is 0 Å². The van der Waals surface area contributed by atoms with E-state index in [0.717, 1.165) is 25.4 Å². The minimum Gasteiger partial charge on any atom is -0.377 e. The number of thiol groups is 1. The molecule has 0 aromatic rings. The molecular formula is C11H23NO2S. The fourth-order valence-electron chi connectivity index (χ4n) is 2.06. The van der Waals surface area contributed by atoms with Gasteiger partial charge in [0.25, 0.3) is 0 Å². The summed E-state index contributed by atoms with van der Waals surface area (Å²) in [4.78, 5) is 2.40. The molecule has 1 aliphatic rings. The molecule has 1 aliphatic heterocycles. The Morgan fingerprint density at radius 3 is 2.00 bits per heavy atom. The van der Waals surface area contributed by atoms with Gasteiger partial charge in [0.05, 0.1) is 12.2 Å². The number of hydrogen-bond donors (Lipinski definition) is 1. The van der Waals surface area contributed by atoms with Crippen LogP contribution in [0.15, 0.2) is 0 Å². The average Bonchev–Trinajstić information content (AvgIpc) is 2.59. The third kappa shape index (κ3) is 3.63.